The Morgan fingerprint density at radius 1 is 0.923 bits per heavy atom. The first-order chi connectivity index (χ1) is 12.4. The van der Waals surface area contributed by atoms with E-state index < -0.39 is 5.97 Å². The van der Waals surface area contributed by atoms with E-state index >= 15 is 0 Å². The lowest BCUT2D eigenvalue weighted by molar-refractivity contribution is -0.305. The van der Waals surface area contributed by atoms with Gasteiger partial charge in [-0.25, -0.2) is 0 Å². The van der Waals surface area contributed by atoms with Crippen LogP contribution >= 0.6 is 0 Å². The molecule has 4 nitrogen and oxygen atoms in total. The molecule has 0 aromatic heterocycles. The lowest BCUT2D eigenvalue weighted by atomic mass is 9.94. The Morgan fingerprint density at radius 2 is 1.50 bits per heavy atom. The molecule has 4 heteroatoms. The topological polar surface area (TPSA) is 69.2 Å². The second-order valence-electron chi connectivity index (χ2n) is 6.51. The van der Waals surface area contributed by atoms with Crippen molar-refractivity contribution in [3.63, 3.8) is 0 Å². The molecule has 0 saturated heterocycles. The van der Waals surface area contributed by atoms with E-state index in [-0.39, 0.29) is 18.7 Å². The molecule has 1 N–H and O–H groups in total. The Labute approximate surface area is 152 Å². The molecule has 0 saturated carbocycles. The van der Waals surface area contributed by atoms with E-state index in [2.05, 4.69) is 5.32 Å². The van der Waals surface area contributed by atoms with Gasteiger partial charge in [-0.3, -0.25) is 4.79 Å². The third-order valence-corrected chi connectivity index (χ3v) is 4.45. The molecular formula is C22H20NO3-. The maximum absolute atomic E-state index is 12.6. The van der Waals surface area contributed by atoms with E-state index in [1.807, 2.05) is 62.4 Å². The van der Waals surface area contributed by atoms with Crippen molar-refractivity contribution < 1.29 is 14.7 Å². The van der Waals surface area contributed by atoms with Crippen molar-refractivity contribution >= 4 is 23.1 Å². The minimum atomic E-state index is -1.13. The number of aryl methyl sites for hydroxylation is 2. The van der Waals surface area contributed by atoms with Crippen LogP contribution in [0, 0.1) is 13.8 Å². The summed E-state index contributed by atoms with van der Waals surface area (Å²) in [6, 6.07) is 15.6. The molecule has 0 spiro atoms. The van der Waals surface area contributed by atoms with Gasteiger partial charge >= 0.3 is 0 Å². The predicted molar refractivity (Wildman–Crippen MR) is 99.6 cm³/mol. The van der Waals surface area contributed by atoms with Gasteiger partial charge in [0.1, 0.15) is 0 Å². The molecule has 0 aliphatic carbocycles. The van der Waals surface area contributed by atoms with Crippen LogP contribution in [0.25, 0.3) is 11.3 Å². The van der Waals surface area contributed by atoms with Crippen molar-refractivity contribution in [2.24, 2.45) is 0 Å². The number of carbonyl (C=O) groups excluding carboxylic acids is 2. The Balaban J connectivity index is 2.05. The standard InChI is InChI=1S/C22H21NO3/c1-14-3-7-16(8-4-14)18(11-12-21(24)25)19-13-20(23-22(19)26)17-9-5-15(2)6-10-17/h3-10,13H,11-12H2,1-2H3,(H,23,26)(H,24,25)/p-1/b19-18-. The van der Waals surface area contributed by atoms with Crippen LogP contribution in [0.1, 0.15) is 35.1 Å². The van der Waals surface area contributed by atoms with Crippen LogP contribution in [0.5, 0.6) is 0 Å². The van der Waals surface area contributed by atoms with Gasteiger partial charge in [0.25, 0.3) is 5.91 Å². The minimum absolute atomic E-state index is 0.131. The number of hydrogen-bond donors (Lipinski definition) is 1. The molecule has 132 valence electrons. The maximum atomic E-state index is 12.6. The third-order valence-electron chi connectivity index (χ3n) is 4.45. The van der Waals surface area contributed by atoms with Crippen LogP contribution in [-0.2, 0) is 9.59 Å². The normalized spacial score (nSPS) is 15.5. The summed E-state index contributed by atoms with van der Waals surface area (Å²) in [5, 5.41) is 13.8. The molecule has 0 fully saturated rings. The molecule has 26 heavy (non-hydrogen) atoms. The molecule has 0 atom stereocenters. The number of carboxylic acid groups (broad SMARTS) is 1. The second kappa shape index (κ2) is 7.40. The van der Waals surface area contributed by atoms with Crippen molar-refractivity contribution in [3.8, 4) is 0 Å². The van der Waals surface area contributed by atoms with Gasteiger partial charge in [0, 0.05) is 17.2 Å². The van der Waals surface area contributed by atoms with Crippen LogP contribution in [0.3, 0.4) is 0 Å². The van der Waals surface area contributed by atoms with Crippen LogP contribution in [-0.4, -0.2) is 11.9 Å². The van der Waals surface area contributed by atoms with E-state index in [1.54, 1.807) is 6.08 Å². The number of amides is 1. The van der Waals surface area contributed by atoms with Crippen molar-refractivity contribution in [1.29, 1.82) is 0 Å². The van der Waals surface area contributed by atoms with Crippen LogP contribution in [0.2, 0.25) is 0 Å². The molecular weight excluding hydrogens is 326 g/mol. The average molecular weight is 346 g/mol. The summed E-state index contributed by atoms with van der Waals surface area (Å²) in [5.41, 5.74) is 5.96. The highest BCUT2D eigenvalue weighted by Crippen LogP contribution is 2.30. The molecule has 1 aliphatic rings. The number of carbonyl (C=O) groups is 2. The summed E-state index contributed by atoms with van der Waals surface area (Å²) in [5.74, 6) is -1.34. The monoisotopic (exact) mass is 346 g/mol. The molecule has 0 unspecified atom stereocenters. The summed E-state index contributed by atoms with van der Waals surface area (Å²) in [4.78, 5) is 23.5. The number of hydrogen-bond acceptors (Lipinski definition) is 3. The van der Waals surface area contributed by atoms with Gasteiger partial charge in [-0.2, -0.15) is 0 Å². The average Bonchev–Trinajstić information content (AvgIpc) is 2.99. The Hall–Kier alpha value is -3.14. The number of carboxylic acids is 1. The highest BCUT2D eigenvalue weighted by atomic mass is 16.4. The fraction of sp³-hybridized carbons (Fsp3) is 0.182. The molecule has 1 heterocycles. The van der Waals surface area contributed by atoms with Gasteiger partial charge in [0.15, 0.2) is 0 Å². The SMILES string of the molecule is Cc1ccc(C2=C/C(=C(\CCC(=O)[O-])c3ccc(C)cc3)C(=O)N2)cc1. The van der Waals surface area contributed by atoms with Crippen molar-refractivity contribution in [1.82, 2.24) is 5.32 Å². The zero-order valence-corrected chi connectivity index (χ0v) is 14.8. The molecule has 2 aromatic rings. The van der Waals surface area contributed by atoms with Crippen molar-refractivity contribution in [3.05, 3.63) is 82.4 Å². The maximum Gasteiger partial charge on any atom is 0.256 e. The summed E-state index contributed by atoms with van der Waals surface area (Å²) < 4.78 is 0. The largest absolute Gasteiger partial charge is 0.550 e. The quantitative estimate of drug-likeness (QED) is 0.847. The van der Waals surface area contributed by atoms with E-state index in [9.17, 15) is 14.7 Å². The first-order valence-electron chi connectivity index (χ1n) is 8.54. The lowest BCUT2D eigenvalue weighted by Gasteiger charge is -2.11. The van der Waals surface area contributed by atoms with Gasteiger partial charge in [-0.15, -0.1) is 0 Å². The predicted octanol–water partition coefficient (Wildman–Crippen LogP) is 2.76. The Kier molecular flexibility index (Phi) is 5.03. The van der Waals surface area contributed by atoms with Gasteiger partial charge in [0.2, 0.25) is 0 Å². The molecule has 2 aromatic carbocycles. The summed E-state index contributed by atoms with van der Waals surface area (Å²) in [7, 11) is 0. The van der Waals surface area contributed by atoms with Crippen LogP contribution in [0.15, 0.2) is 60.2 Å². The van der Waals surface area contributed by atoms with Gasteiger partial charge in [0.05, 0.1) is 0 Å². The Morgan fingerprint density at radius 3 is 2.08 bits per heavy atom. The first kappa shape index (κ1) is 17.7. The summed E-state index contributed by atoms with van der Waals surface area (Å²) in [6.45, 7) is 3.99. The van der Waals surface area contributed by atoms with Gasteiger partial charge in [-0.1, -0.05) is 59.7 Å². The fourth-order valence-electron chi connectivity index (χ4n) is 2.96. The number of allylic oxidation sites excluding steroid dienone is 1. The summed E-state index contributed by atoms with van der Waals surface area (Å²) >= 11 is 0. The lowest BCUT2D eigenvalue weighted by Crippen LogP contribution is -2.22. The van der Waals surface area contributed by atoms with Gasteiger partial charge < -0.3 is 15.2 Å². The first-order valence-corrected chi connectivity index (χ1v) is 8.54. The highest BCUT2D eigenvalue weighted by molar-refractivity contribution is 6.13. The van der Waals surface area contributed by atoms with E-state index in [0.717, 1.165) is 28.0 Å². The highest BCUT2D eigenvalue weighted by Gasteiger charge is 2.23. The van der Waals surface area contributed by atoms with E-state index in [0.29, 0.717) is 11.1 Å². The smallest absolute Gasteiger partial charge is 0.256 e. The minimum Gasteiger partial charge on any atom is -0.550 e. The molecule has 0 radical (unpaired) electrons. The third kappa shape index (κ3) is 3.91. The molecule has 1 amide bonds. The molecule has 0 bridgehead atoms. The fourth-order valence-corrected chi connectivity index (χ4v) is 2.96. The van der Waals surface area contributed by atoms with Crippen LogP contribution < -0.4 is 10.4 Å². The van der Waals surface area contributed by atoms with Crippen molar-refractivity contribution in [2.45, 2.75) is 26.7 Å². The van der Waals surface area contributed by atoms with Crippen molar-refractivity contribution in [2.75, 3.05) is 0 Å². The number of nitrogens with one attached hydrogen (secondary N) is 1. The molecule has 1 aliphatic heterocycles. The molecule has 3 rings (SSSR count). The number of benzene rings is 2. The Bertz CT molecular complexity index is 903. The zero-order valence-electron chi connectivity index (χ0n) is 14.8. The van der Waals surface area contributed by atoms with E-state index in [4.69, 9.17) is 0 Å². The second-order valence-corrected chi connectivity index (χ2v) is 6.51. The van der Waals surface area contributed by atoms with Gasteiger partial charge in [-0.05, 0) is 49.5 Å². The van der Waals surface area contributed by atoms with Crippen LogP contribution in [0.4, 0.5) is 0 Å². The number of aliphatic carboxylic acids is 1. The summed E-state index contributed by atoms with van der Waals surface area (Å²) in [6.07, 6.45) is 1.91. The zero-order chi connectivity index (χ0) is 18.7. The number of rotatable bonds is 5. The van der Waals surface area contributed by atoms with E-state index in [1.165, 1.54) is 0 Å².